The predicted octanol–water partition coefficient (Wildman–Crippen LogP) is 2.75. The second kappa shape index (κ2) is 9.00. The van der Waals surface area contributed by atoms with Crippen molar-refractivity contribution in [3.8, 4) is 0 Å². The second-order valence-electron chi connectivity index (χ2n) is 5.87. The van der Waals surface area contributed by atoms with Crippen molar-refractivity contribution >= 4 is 23.5 Å². The average Bonchev–Trinajstić information content (AvgIpc) is 2.48. The smallest absolute Gasteiger partial charge is 0.305 e. The summed E-state index contributed by atoms with van der Waals surface area (Å²) in [6, 6.07) is 3.81. The van der Waals surface area contributed by atoms with Crippen molar-refractivity contribution in [3.63, 3.8) is 0 Å². The Kier molecular flexibility index (Phi) is 7.35. The van der Waals surface area contributed by atoms with Crippen LogP contribution in [0.3, 0.4) is 0 Å². The Morgan fingerprint density at radius 3 is 2.46 bits per heavy atom. The summed E-state index contributed by atoms with van der Waals surface area (Å²) in [7, 11) is 0. The van der Waals surface area contributed by atoms with E-state index in [1.54, 1.807) is 6.92 Å². The number of halogens is 1. The highest BCUT2D eigenvalue weighted by molar-refractivity contribution is 5.96. The fourth-order valence-electron chi connectivity index (χ4n) is 2.14. The number of nitrogens with one attached hydrogen (secondary N) is 1. The molecule has 0 heterocycles. The molecule has 0 saturated heterocycles. The molecule has 6 nitrogen and oxygen atoms in total. The number of carbonyl (C=O) groups excluding carboxylic acids is 2. The lowest BCUT2D eigenvalue weighted by molar-refractivity contribution is -0.137. The van der Waals surface area contributed by atoms with Crippen LogP contribution in [0.25, 0.3) is 0 Å². The van der Waals surface area contributed by atoms with E-state index in [-0.39, 0.29) is 42.5 Å². The maximum Gasteiger partial charge on any atom is 0.305 e. The van der Waals surface area contributed by atoms with Gasteiger partial charge in [0.25, 0.3) is 5.91 Å². The van der Waals surface area contributed by atoms with Crippen LogP contribution in [0.2, 0.25) is 0 Å². The molecule has 24 heavy (non-hydrogen) atoms. The number of aliphatic carboxylic acids is 1. The van der Waals surface area contributed by atoms with Gasteiger partial charge in [-0.2, -0.15) is 0 Å². The molecular weight excluding hydrogens is 315 g/mol. The van der Waals surface area contributed by atoms with Gasteiger partial charge in [-0.3, -0.25) is 14.4 Å². The predicted molar refractivity (Wildman–Crippen MR) is 88.3 cm³/mol. The summed E-state index contributed by atoms with van der Waals surface area (Å²) in [5, 5.41) is 11.2. The van der Waals surface area contributed by atoms with Gasteiger partial charge in [0.2, 0.25) is 5.91 Å². The maximum absolute atomic E-state index is 14.1. The van der Waals surface area contributed by atoms with E-state index in [1.165, 1.54) is 17.0 Å². The molecular formula is C17H23FN2O4. The van der Waals surface area contributed by atoms with Crippen LogP contribution in [-0.4, -0.2) is 40.9 Å². The van der Waals surface area contributed by atoms with Crippen molar-refractivity contribution in [2.24, 2.45) is 5.92 Å². The van der Waals surface area contributed by atoms with E-state index in [9.17, 15) is 18.8 Å². The molecule has 0 saturated carbocycles. The summed E-state index contributed by atoms with van der Waals surface area (Å²) in [5.74, 6) is -2.29. The first-order valence-electron chi connectivity index (χ1n) is 7.85. The number of carboxylic acids is 1. The van der Waals surface area contributed by atoms with E-state index >= 15 is 0 Å². The number of carboxylic acid groups (broad SMARTS) is 1. The molecule has 2 amide bonds. The molecule has 0 radical (unpaired) electrons. The van der Waals surface area contributed by atoms with Crippen LogP contribution in [0, 0.1) is 11.7 Å². The van der Waals surface area contributed by atoms with Crippen molar-refractivity contribution in [2.75, 3.05) is 18.4 Å². The molecule has 0 atom stereocenters. The van der Waals surface area contributed by atoms with Crippen molar-refractivity contribution in [3.05, 3.63) is 29.6 Å². The molecule has 2 N–H and O–H groups in total. The Morgan fingerprint density at radius 2 is 1.96 bits per heavy atom. The molecule has 0 unspecified atom stereocenters. The number of amides is 2. The normalized spacial score (nSPS) is 10.5. The van der Waals surface area contributed by atoms with E-state index < -0.39 is 17.7 Å². The fourth-order valence-corrected chi connectivity index (χ4v) is 2.14. The van der Waals surface area contributed by atoms with Gasteiger partial charge in [-0.1, -0.05) is 13.8 Å². The first-order chi connectivity index (χ1) is 11.2. The lowest BCUT2D eigenvalue weighted by Gasteiger charge is -2.20. The third-order valence-electron chi connectivity index (χ3n) is 3.35. The number of nitrogens with zero attached hydrogens (tertiary/aromatic N) is 1. The van der Waals surface area contributed by atoms with Gasteiger partial charge < -0.3 is 15.3 Å². The highest BCUT2D eigenvalue weighted by atomic mass is 19.1. The maximum atomic E-state index is 14.1. The number of hydrogen-bond donors (Lipinski definition) is 2. The average molecular weight is 338 g/mol. The van der Waals surface area contributed by atoms with E-state index in [2.05, 4.69) is 5.32 Å². The number of hydrogen-bond acceptors (Lipinski definition) is 3. The molecule has 1 aromatic carbocycles. The number of anilines is 1. The summed E-state index contributed by atoms with van der Waals surface area (Å²) in [4.78, 5) is 35.9. The quantitative estimate of drug-likeness (QED) is 0.763. The van der Waals surface area contributed by atoms with E-state index in [0.29, 0.717) is 6.54 Å². The number of rotatable bonds is 8. The summed E-state index contributed by atoms with van der Waals surface area (Å²) < 4.78 is 14.1. The summed E-state index contributed by atoms with van der Waals surface area (Å²) in [6.45, 7) is 5.86. The Labute approximate surface area is 140 Å². The Bertz CT molecular complexity index is 617. The van der Waals surface area contributed by atoms with Crippen molar-refractivity contribution in [1.82, 2.24) is 4.90 Å². The number of carbonyl (C=O) groups is 3. The standard InChI is InChI=1S/C17H23FN2O4/c1-4-20(8-7-16(22)23)17(24)12-5-6-14(13(18)10-12)19-15(21)9-11(2)3/h5-6,10-11H,4,7-9H2,1-3H3,(H,19,21)(H,22,23). The first kappa shape index (κ1) is 19.6. The molecule has 0 bridgehead atoms. The third kappa shape index (κ3) is 5.98. The van der Waals surface area contributed by atoms with E-state index in [0.717, 1.165) is 6.07 Å². The number of benzene rings is 1. The van der Waals surface area contributed by atoms with Crippen LogP contribution in [0.15, 0.2) is 18.2 Å². The fraction of sp³-hybridized carbons (Fsp3) is 0.471. The monoisotopic (exact) mass is 338 g/mol. The summed E-state index contributed by atoms with van der Waals surface area (Å²) in [5.41, 5.74) is 0.132. The molecule has 0 aliphatic carbocycles. The van der Waals surface area contributed by atoms with Gasteiger partial charge in [0.1, 0.15) is 5.82 Å². The lowest BCUT2D eigenvalue weighted by Crippen LogP contribution is -2.33. The molecule has 1 rings (SSSR count). The van der Waals surface area contributed by atoms with Gasteiger partial charge in [0.15, 0.2) is 0 Å². The Hall–Kier alpha value is -2.44. The minimum atomic E-state index is -1.00. The van der Waals surface area contributed by atoms with E-state index in [1.807, 2.05) is 13.8 Å². The van der Waals surface area contributed by atoms with Gasteiger partial charge in [0.05, 0.1) is 12.1 Å². The molecule has 1 aromatic rings. The van der Waals surface area contributed by atoms with Crippen LogP contribution in [-0.2, 0) is 9.59 Å². The molecule has 0 aliphatic rings. The zero-order valence-corrected chi connectivity index (χ0v) is 14.1. The molecule has 0 spiro atoms. The highest BCUT2D eigenvalue weighted by Gasteiger charge is 2.17. The van der Waals surface area contributed by atoms with Crippen LogP contribution in [0.4, 0.5) is 10.1 Å². The summed E-state index contributed by atoms with van der Waals surface area (Å²) >= 11 is 0. The second-order valence-corrected chi connectivity index (χ2v) is 5.87. The Morgan fingerprint density at radius 1 is 1.29 bits per heavy atom. The Balaban J connectivity index is 2.83. The molecule has 0 aromatic heterocycles. The zero-order chi connectivity index (χ0) is 18.3. The van der Waals surface area contributed by atoms with Crippen LogP contribution in [0.5, 0.6) is 0 Å². The van der Waals surface area contributed by atoms with Gasteiger partial charge >= 0.3 is 5.97 Å². The minimum Gasteiger partial charge on any atom is -0.481 e. The topological polar surface area (TPSA) is 86.7 Å². The van der Waals surface area contributed by atoms with Crippen molar-refractivity contribution < 1.29 is 23.9 Å². The van der Waals surface area contributed by atoms with Crippen LogP contribution in [0.1, 0.15) is 44.0 Å². The highest BCUT2D eigenvalue weighted by Crippen LogP contribution is 2.18. The van der Waals surface area contributed by atoms with Gasteiger partial charge in [-0.05, 0) is 31.0 Å². The summed E-state index contributed by atoms with van der Waals surface area (Å²) in [6.07, 6.45) is 0.102. The molecule has 0 fully saturated rings. The van der Waals surface area contributed by atoms with Crippen LogP contribution >= 0.6 is 0 Å². The lowest BCUT2D eigenvalue weighted by atomic mass is 10.1. The first-order valence-corrected chi connectivity index (χ1v) is 7.85. The third-order valence-corrected chi connectivity index (χ3v) is 3.35. The SMILES string of the molecule is CCN(CCC(=O)O)C(=O)c1ccc(NC(=O)CC(C)C)c(F)c1. The van der Waals surface area contributed by atoms with Crippen molar-refractivity contribution in [1.29, 1.82) is 0 Å². The van der Waals surface area contributed by atoms with Crippen molar-refractivity contribution in [2.45, 2.75) is 33.6 Å². The van der Waals surface area contributed by atoms with Gasteiger partial charge in [0, 0.05) is 25.1 Å². The zero-order valence-electron chi connectivity index (χ0n) is 14.1. The largest absolute Gasteiger partial charge is 0.481 e. The van der Waals surface area contributed by atoms with E-state index in [4.69, 9.17) is 5.11 Å². The van der Waals surface area contributed by atoms with Gasteiger partial charge in [-0.15, -0.1) is 0 Å². The minimum absolute atomic E-state index is 0.0192. The molecule has 7 heteroatoms. The molecule has 0 aliphatic heterocycles. The van der Waals surface area contributed by atoms with Crippen LogP contribution < -0.4 is 5.32 Å². The van der Waals surface area contributed by atoms with Gasteiger partial charge in [-0.25, -0.2) is 4.39 Å². The molecule has 132 valence electrons.